The van der Waals surface area contributed by atoms with Crippen LogP contribution in [0.3, 0.4) is 0 Å². The van der Waals surface area contributed by atoms with Gasteiger partial charge in [0.25, 0.3) is 5.91 Å². The van der Waals surface area contributed by atoms with Gasteiger partial charge < -0.3 is 28.8 Å². The number of fused-ring (bicyclic) bond motifs is 2. The van der Waals surface area contributed by atoms with E-state index in [1.807, 2.05) is 81.3 Å². The zero-order valence-corrected chi connectivity index (χ0v) is 36.1. The Labute approximate surface area is 351 Å². The van der Waals surface area contributed by atoms with Crippen molar-refractivity contribution in [3.05, 3.63) is 87.0 Å². The Kier molecular flexibility index (Phi) is 12.4. The van der Waals surface area contributed by atoms with Crippen molar-refractivity contribution in [3.8, 4) is 11.1 Å². The molecular weight excluding hydrogens is 770 g/mol. The highest BCUT2D eigenvalue weighted by Crippen LogP contribution is 2.37. The van der Waals surface area contributed by atoms with Gasteiger partial charge in [0.2, 0.25) is 5.78 Å². The van der Waals surface area contributed by atoms with E-state index in [4.69, 9.17) is 31.0 Å². The monoisotopic (exact) mass is 825 g/mol. The maximum atomic E-state index is 13.8. The summed E-state index contributed by atoms with van der Waals surface area (Å²) in [6, 6.07) is 11.4. The second kappa shape index (κ2) is 17.3. The molecule has 2 amide bonds. The number of amides is 2. The van der Waals surface area contributed by atoms with Gasteiger partial charge in [-0.3, -0.25) is 19.3 Å². The molecule has 1 fully saturated rings. The smallest absolute Gasteiger partial charge is 0.410 e. The van der Waals surface area contributed by atoms with E-state index in [0.717, 1.165) is 91.0 Å². The number of aromatic nitrogens is 4. The summed E-state index contributed by atoms with van der Waals surface area (Å²) in [6.07, 6.45) is 6.11. The van der Waals surface area contributed by atoms with Gasteiger partial charge in [-0.1, -0.05) is 41.9 Å². The molecule has 7 rings (SSSR count). The molecule has 0 unspecified atom stereocenters. The first kappa shape index (κ1) is 42.1. The van der Waals surface area contributed by atoms with Crippen molar-refractivity contribution < 1.29 is 28.7 Å². The van der Waals surface area contributed by atoms with Gasteiger partial charge in [-0.25, -0.2) is 14.8 Å². The number of hydrogen-bond acceptors (Lipinski definition) is 9. The summed E-state index contributed by atoms with van der Waals surface area (Å²) in [5.41, 5.74) is 6.85. The van der Waals surface area contributed by atoms with Crippen molar-refractivity contribution in [2.24, 2.45) is 25.9 Å². The summed E-state index contributed by atoms with van der Waals surface area (Å²) in [4.78, 5) is 65.8. The first-order valence-corrected chi connectivity index (χ1v) is 21.1. The highest BCUT2D eigenvalue weighted by atomic mass is 35.5. The number of halogens is 1. The summed E-state index contributed by atoms with van der Waals surface area (Å²) < 4.78 is 14.3. The summed E-state index contributed by atoms with van der Waals surface area (Å²) in [5, 5.41) is 3.42. The highest BCUT2D eigenvalue weighted by molar-refractivity contribution is 6.36. The fourth-order valence-corrected chi connectivity index (χ4v) is 9.16. The molecule has 1 N–H and O–H groups in total. The second-order valence-corrected chi connectivity index (χ2v) is 17.7. The molecule has 1 aliphatic carbocycles. The van der Waals surface area contributed by atoms with Gasteiger partial charge >= 0.3 is 12.1 Å². The van der Waals surface area contributed by atoms with E-state index >= 15 is 0 Å². The average Bonchev–Trinajstić information content (AvgIpc) is 3.73. The number of nitrogens with zero attached hydrogens (tertiary/aromatic N) is 6. The molecule has 0 bridgehead atoms. The van der Waals surface area contributed by atoms with Crippen LogP contribution in [0.4, 0.5) is 10.5 Å². The predicted molar refractivity (Wildman–Crippen MR) is 225 cm³/mol. The van der Waals surface area contributed by atoms with Crippen LogP contribution >= 0.6 is 11.6 Å². The topological polar surface area (TPSA) is 141 Å². The fourth-order valence-electron chi connectivity index (χ4n) is 8.89. The summed E-state index contributed by atoms with van der Waals surface area (Å²) in [5.74, 6) is 0.792. The summed E-state index contributed by atoms with van der Waals surface area (Å²) in [6.45, 7) is 10.8. The lowest BCUT2D eigenvalue weighted by Gasteiger charge is -2.31. The third-order valence-electron chi connectivity index (χ3n) is 12.3. The van der Waals surface area contributed by atoms with Crippen molar-refractivity contribution in [1.82, 2.24) is 28.9 Å². The molecule has 2 aliphatic heterocycles. The van der Waals surface area contributed by atoms with Gasteiger partial charge in [0.05, 0.1) is 41.7 Å². The van der Waals surface area contributed by atoms with E-state index in [1.165, 1.54) is 7.11 Å². The number of nitrogens with one attached hydrogen (secondary N) is 1. The normalized spacial score (nSPS) is 18.2. The van der Waals surface area contributed by atoms with Crippen LogP contribution in [0.15, 0.2) is 36.4 Å². The Balaban J connectivity index is 0.997. The maximum absolute atomic E-state index is 13.8. The molecule has 2 aromatic heterocycles. The number of esters is 1. The van der Waals surface area contributed by atoms with Crippen LogP contribution in [-0.4, -0.2) is 85.0 Å². The number of ether oxygens (including phenoxy) is 2. The molecule has 0 atom stereocenters. The first-order valence-electron chi connectivity index (χ1n) is 20.7. The minimum absolute atomic E-state index is 0.0373. The Hall–Kier alpha value is -5.01. The van der Waals surface area contributed by atoms with E-state index in [2.05, 4.69) is 10.2 Å². The minimum Gasteiger partial charge on any atom is -0.469 e. The molecule has 4 heterocycles. The number of ketones is 1. The third kappa shape index (κ3) is 9.11. The first-order chi connectivity index (χ1) is 28.1. The number of carbonyl (C=O) groups excluding carboxylic acids is 4. The molecule has 0 spiro atoms. The quantitative estimate of drug-likeness (QED) is 0.127. The van der Waals surface area contributed by atoms with E-state index < -0.39 is 5.60 Å². The average molecular weight is 826 g/mol. The van der Waals surface area contributed by atoms with Crippen LogP contribution in [0.5, 0.6) is 0 Å². The molecule has 3 aliphatic rings. The highest BCUT2D eigenvalue weighted by Gasteiger charge is 2.32. The molecule has 2 aromatic carbocycles. The Bertz CT molecular complexity index is 2260. The number of Topliss-reactive ketones (excluding diaryl/α,β-unsaturated/α-hetero) is 1. The van der Waals surface area contributed by atoms with Gasteiger partial charge in [0.1, 0.15) is 5.60 Å². The van der Waals surface area contributed by atoms with Crippen LogP contribution in [0.1, 0.15) is 108 Å². The van der Waals surface area contributed by atoms with Crippen molar-refractivity contribution in [3.63, 3.8) is 0 Å². The van der Waals surface area contributed by atoms with E-state index in [9.17, 15) is 19.2 Å². The molecule has 14 heteroatoms. The molecule has 314 valence electrons. The number of benzene rings is 2. The molecule has 0 saturated heterocycles. The van der Waals surface area contributed by atoms with Crippen molar-refractivity contribution in [2.45, 2.75) is 97.8 Å². The standard InChI is InChI=1S/C45H56ClN7O6/c1-27-30(24-38(54)40-47-35-26-53(23-20-37(35)50(40)5)44(57)59-45(2,3)4)10-8-11-31(27)32-12-9-13-33(39(32)46)49-42(55)41-48-34-25-52(22-19-36(34)51(41)6)21-18-28-14-16-29(17-15-28)43(56)58-7/h8-13,28-29H,14-26H2,1-7H3,(H,49,55). The molecule has 13 nitrogen and oxygen atoms in total. The number of anilines is 1. The summed E-state index contributed by atoms with van der Waals surface area (Å²) >= 11 is 7.05. The zero-order valence-electron chi connectivity index (χ0n) is 35.3. The molecule has 1 saturated carbocycles. The Morgan fingerprint density at radius 1 is 0.864 bits per heavy atom. The fraction of sp³-hybridized carbons (Fsp3) is 0.511. The van der Waals surface area contributed by atoms with E-state index in [-0.39, 0.29) is 42.6 Å². The van der Waals surface area contributed by atoms with Crippen molar-refractivity contribution in [1.29, 1.82) is 0 Å². The van der Waals surface area contributed by atoms with Crippen molar-refractivity contribution in [2.75, 3.05) is 32.1 Å². The number of carbonyl (C=O) groups is 4. The lowest BCUT2D eigenvalue weighted by atomic mass is 9.80. The van der Waals surface area contributed by atoms with Crippen LogP contribution in [-0.2, 0) is 60.7 Å². The second-order valence-electron chi connectivity index (χ2n) is 17.3. The van der Waals surface area contributed by atoms with Crippen LogP contribution < -0.4 is 5.32 Å². The Morgan fingerprint density at radius 2 is 1.51 bits per heavy atom. The van der Waals surface area contributed by atoms with Gasteiger partial charge in [-0.15, -0.1) is 0 Å². The molecular formula is C45H56ClN7O6. The SMILES string of the molecule is COC(=O)C1CCC(CCN2CCc3c(nc(C(=O)Nc4cccc(-c5cccc(CC(=O)c6nc7c(n6C)CCN(C(=O)OC(C)(C)C)C7)c5C)c4Cl)n3C)C2)CC1. The molecule has 0 radical (unpaired) electrons. The van der Waals surface area contributed by atoms with Crippen LogP contribution in [0.25, 0.3) is 11.1 Å². The molecule has 4 aromatic rings. The van der Waals surface area contributed by atoms with Gasteiger partial charge in [-0.05, 0) is 95.0 Å². The number of hydrogen-bond donors (Lipinski definition) is 1. The zero-order chi connectivity index (χ0) is 42.2. The lowest BCUT2D eigenvalue weighted by Crippen LogP contribution is -2.40. The van der Waals surface area contributed by atoms with Crippen molar-refractivity contribution >= 4 is 41.0 Å². The predicted octanol–water partition coefficient (Wildman–Crippen LogP) is 7.48. The van der Waals surface area contributed by atoms with Gasteiger partial charge in [0.15, 0.2) is 11.6 Å². The van der Waals surface area contributed by atoms with E-state index in [1.54, 1.807) is 11.0 Å². The molecule has 59 heavy (non-hydrogen) atoms. The summed E-state index contributed by atoms with van der Waals surface area (Å²) in [7, 11) is 5.21. The largest absolute Gasteiger partial charge is 0.469 e. The van der Waals surface area contributed by atoms with E-state index in [0.29, 0.717) is 53.5 Å². The Morgan fingerprint density at radius 3 is 2.22 bits per heavy atom. The van der Waals surface area contributed by atoms with Gasteiger partial charge in [0, 0.05) is 69.9 Å². The maximum Gasteiger partial charge on any atom is 0.410 e. The van der Waals surface area contributed by atoms with Gasteiger partial charge in [-0.2, -0.15) is 0 Å². The van der Waals surface area contributed by atoms with Crippen LogP contribution in [0, 0.1) is 18.8 Å². The number of imidazole rings is 2. The third-order valence-corrected chi connectivity index (χ3v) is 12.7. The number of rotatable bonds is 10. The lowest BCUT2D eigenvalue weighted by molar-refractivity contribution is -0.146. The minimum atomic E-state index is -0.603. The van der Waals surface area contributed by atoms with Crippen LogP contribution in [0.2, 0.25) is 5.02 Å². The number of methoxy groups -OCH3 is 1.